The average Bonchev–Trinajstić information content (AvgIpc) is 2.61. The van der Waals surface area contributed by atoms with Crippen LogP contribution in [0.4, 0.5) is 13.2 Å². The van der Waals surface area contributed by atoms with Gasteiger partial charge in [-0.1, -0.05) is 0 Å². The van der Waals surface area contributed by atoms with Gasteiger partial charge in [-0.3, -0.25) is 0 Å². The van der Waals surface area contributed by atoms with Crippen LogP contribution in [0, 0.1) is 0 Å². The smallest absolute Gasteiger partial charge is 0.478 e. The van der Waals surface area contributed by atoms with E-state index in [0.717, 1.165) is 6.20 Å². The zero-order valence-electron chi connectivity index (χ0n) is 8.08. The second-order valence-electron chi connectivity index (χ2n) is 3.09. The number of ether oxygens (including phenoxy) is 1. The van der Waals surface area contributed by atoms with Gasteiger partial charge in [0, 0.05) is 11.6 Å². The monoisotopic (exact) mass is 246 g/mol. The molecule has 2 aromatic rings. The number of fused-ring (bicyclic) bond motifs is 1. The van der Waals surface area contributed by atoms with Crippen molar-refractivity contribution >= 4 is 17.0 Å². The van der Waals surface area contributed by atoms with Gasteiger partial charge in [-0.05, 0) is 6.07 Å². The van der Waals surface area contributed by atoms with E-state index in [0.29, 0.717) is 0 Å². The molecule has 0 aliphatic carbocycles. The number of halogens is 3. The Morgan fingerprint density at radius 1 is 1.47 bits per heavy atom. The summed E-state index contributed by atoms with van der Waals surface area (Å²) < 4.78 is 39.8. The fourth-order valence-electron chi connectivity index (χ4n) is 1.41. The molecule has 2 aromatic heterocycles. The SMILES string of the molecule is O=C(O)c1c(OC(F)(F)F)cnc2[nH]ccc12. The molecule has 90 valence electrons. The normalized spacial score (nSPS) is 11.7. The lowest BCUT2D eigenvalue weighted by Gasteiger charge is -2.11. The van der Waals surface area contributed by atoms with Gasteiger partial charge >= 0.3 is 12.3 Å². The molecule has 0 bridgehead atoms. The Hall–Kier alpha value is -2.25. The third kappa shape index (κ3) is 2.14. The fraction of sp³-hybridized carbons (Fsp3) is 0.111. The van der Waals surface area contributed by atoms with Gasteiger partial charge in [-0.25, -0.2) is 9.78 Å². The maximum Gasteiger partial charge on any atom is 0.573 e. The first-order valence-corrected chi connectivity index (χ1v) is 4.33. The highest BCUT2D eigenvalue weighted by atomic mass is 19.4. The van der Waals surface area contributed by atoms with Gasteiger partial charge in [0.1, 0.15) is 11.2 Å². The molecule has 0 saturated carbocycles. The highest BCUT2D eigenvalue weighted by molar-refractivity contribution is 6.04. The Morgan fingerprint density at radius 2 is 2.18 bits per heavy atom. The van der Waals surface area contributed by atoms with Crippen LogP contribution in [0.15, 0.2) is 18.5 Å². The number of carboxylic acid groups (broad SMARTS) is 1. The second-order valence-corrected chi connectivity index (χ2v) is 3.09. The largest absolute Gasteiger partial charge is 0.573 e. The lowest BCUT2D eigenvalue weighted by atomic mass is 10.2. The standard InChI is InChI=1S/C9H5F3N2O3/c10-9(11,12)17-5-3-14-7-4(1-2-13-7)6(5)8(15)16/h1-3H,(H,13,14)(H,15,16). The summed E-state index contributed by atoms with van der Waals surface area (Å²) in [5.41, 5.74) is -0.398. The molecule has 2 N–H and O–H groups in total. The number of carbonyl (C=O) groups is 1. The number of hydrogen-bond acceptors (Lipinski definition) is 3. The highest BCUT2D eigenvalue weighted by Crippen LogP contribution is 2.30. The molecule has 0 atom stereocenters. The zero-order valence-corrected chi connectivity index (χ0v) is 8.08. The summed E-state index contributed by atoms with van der Waals surface area (Å²) in [6.45, 7) is 0. The zero-order chi connectivity index (χ0) is 12.6. The van der Waals surface area contributed by atoms with E-state index >= 15 is 0 Å². The molecule has 0 amide bonds. The molecule has 0 saturated heterocycles. The van der Waals surface area contributed by atoms with Gasteiger partial charge in [-0.15, -0.1) is 13.2 Å². The van der Waals surface area contributed by atoms with Crippen LogP contribution in [0.2, 0.25) is 0 Å². The summed E-state index contributed by atoms with van der Waals surface area (Å²) in [6, 6.07) is 1.31. The lowest BCUT2D eigenvalue weighted by molar-refractivity contribution is -0.274. The number of hydrogen-bond donors (Lipinski definition) is 2. The van der Waals surface area contributed by atoms with Crippen LogP contribution in [0.3, 0.4) is 0 Å². The number of aromatic nitrogens is 2. The number of H-pyrrole nitrogens is 1. The number of carboxylic acids is 1. The molecule has 5 nitrogen and oxygen atoms in total. The molecule has 0 spiro atoms. The van der Waals surface area contributed by atoms with Crippen LogP contribution >= 0.6 is 0 Å². The molecule has 8 heteroatoms. The summed E-state index contributed by atoms with van der Waals surface area (Å²) in [7, 11) is 0. The summed E-state index contributed by atoms with van der Waals surface area (Å²) >= 11 is 0. The van der Waals surface area contributed by atoms with Crippen molar-refractivity contribution in [3.05, 3.63) is 24.0 Å². The number of nitrogens with zero attached hydrogens (tertiary/aromatic N) is 1. The highest BCUT2D eigenvalue weighted by Gasteiger charge is 2.34. The van der Waals surface area contributed by atoms with E-state index in [1.54, 1.807) is 0 Å². The third-order valence-corrected chi connectivity index (χ3v) is 1.99. The van der Waals surface area contributed by atoms with Crippen molar-refractivity contribution in [3.8, 4) is 5.75 Å². The molecule has 0 unspecified atom stereocenters. The maximum atomic E-state index is 12.1. The number of nitrogens with one attached hydrogen (secondary N) is 1. The Kier molecular flexibility index (Phi) is 2.41. The first kappa shape index (κ1) is 11.2. The minimum Gasteiger partial charge on any atom is -0.478 e. The number of pyridine rings is 1. The van der Waals surface area contributed by atoms with E-state index in [9.17, 15) is 18.0 Å². The van der Waals surface area contributed by atoms with Crippen molar-refractivity contribution in [1.29, 1.82) is 0 Å². The molecule has 0 fully saturated rings. The first-order valence-electron chi connectivity index (χ1n) is 4.33. The van der Waals surface area contributed by atoms with Crippen LogP contribution in [0.5, 0.6) is 5.75 Å². The molecule has 2 heterocycles. The molecule has 0 aliphatic rings. The Balaban J connectivity index is 2.62. The van der Waals surface area contributed by atoms with Gasteiger partial charge < -0.3 is 14.8 Å². The van der Waals surface area contributed by atoms with Crippen LogP contribution in [0.25, 0.3) is 11.0 Å². The Labute approximate surface area is 91.8 Å². The first-order chi connectivity index (χ1) is 7.88. The predicted molar refractivity (Wildman–Crippen MR) is 49.7 cm³/mol. The maximum absolute atomic E-state index is 12.1. The van der Waals surface area contributed by atoms with Crippen LogP contribution in [-0.2, 0) is 0 Å². The molecule has 17 heavy (non-hydrogen) atoms. The second kappa shape index (κ2) is 3.65. The Bertz CT molecular complexity index is 576. The van der Waals surface area contributed by atoms with Gasteiger partial charge in [0.05, 0.1) is 6.20 Å². The summed E-state index contributed by atoms with van der Waals surface area (Å²) in [5, 5.41) is 8.94. The summed E-state index contributed by atoms with van der Waals surface area (Å²) in [4.78, 5) is 17.1. The number of aromatic carboxylic acids is 1. The minimum atomic E-state index is -4.96. The van der Waals surface area contributed by atoms with Crippen LogP contribution < -0.4 is 4.74 Å². The van der Waals surface area contributed by atoms with E-state index in [1.807, 2.05) is 0 Å². The third-order valence-electron chi connectivity index (χ3n) is 1.99. The van der Waals surface area contributed by atoms with Gasteiger partial charge in [-0.2, -0.15) is 0 Å². The topological polar surface area (TPSA) is 75.2 Å². The molecule has 0 aromatic carbocycles. The molecule has 2 rings (SSSR count). The van der Waals surface area contributed by atoms with E-state index < -0.39 is 23.6 Å². The fourth-order valence-corrected chi connectivity index (χ4v) is 1.41. The lowest BCUT2D eigenvalue weighted by Crippen LogP contribution is -2.19. The van der Waals surface area contributed by atoms with E-state index in [2.05, 4.69) is 14.7 Å². The van der Waals surface area contributed by atoms with E-state index in [4.69, 9.17) is 5.11 Å². The van der Waals surface area contributed by atoms with Crippen molar-refractivity contribution < 1.29 is 27.8 Å². The molecular formula is C9H5F3N2O3. The number of rotatable bonds is 2. The van der Waals surface area contributed by atoms with Gasteiger partial charge in [0.25, 0.3) is 0 Å². The Morgan fingerprint density at radius 3 is 2.76 bits per heavy atom. The van der Waals surface area contributed by atoms with Crippen LogP contribution in [-0.4, -0.2) is 27.4 Å². The summed E-state index contributed by atoms with van der Waals surface area (Å²) in [5.74, 6) is -2.35. The van der Waals surface area contributed by atoms with Crippen molar-refractivity contribution in [1.82, 2.24) is 9.97 Å². The molecular weight excluding hydrogens is 241 g/mol. The predicted octanol–water partition coefficient (Wildman–Crippen LogP) is 2.16. The van der Waals surface area contributed by atoms with Crippen LogP contribution in [0.1, 0.15) is 10.4 Å². The van der Waals surface area contributed by atoms with Crippen molar-refractivity contribution in [3.63, 3.8) is 0 Å². The molecule has 0 aliphatic heterocycles. The van der Waals surface area contributed by atoms with E-state index in [-0.39, 0.29) is 11.0 Å². The van der Waals surface area contributed by atoms with Crippen molar-refractivity contribution in [2.75, 3.05) is 0 Å². The number of aromatic amines is 1. The molecule has 0 radical (unpaired) electrons. The van der Waals surface area contributed by atoms with Gasteiger partial charge in [0.15, 0.2) is 5.75 Å². The minimum absolute atomic E-state index is 0.0549. The van der Waals surface area contributed by atoms with Gasteiger partial charge in [0.2, 0.25) is 0 Å². The summed E-state index contributed by atoms with van der Waals surface area (Å²) in [6.07, 6.45) is -2.87. The van der Waals surface area contributed by atoms with Crippen molar-refractivity contribution in [2.45, 2.75) is 6.36 Å². The van der Waals surface area contributed by atoms with Crippen molar-refractivity contribution in [2.24, 2.45) is 0 Å². The quantitative estimate of drug-likeness (QED) is 0.851. The number of alkyl halides is 3. The average molecular weight is 246 g/mol. The van der Waals surface area contributed by atoms with E-state index in [1.165, 1.54) is 12.3 Å².